The summed E-state index contributed by atoms with van der Waals surface area (Å²) >= 11 is 0. The fraction of sp³-hybridized carbons (Fsp3) is 0.167. The minimum atomic E-state index is -4.18. The van der Waals surface area contributed by atoms with Crippen molar-refractivity contribution < 1.29 is 72.9 Å². The summed E-state index contributed by atoms with van der Waals surface area (Å²) in [7, 11) is 0. The minimum Gasteiger partial charge on any atom is -1.00 e. The van der Waals surface area contributed by atoms with Crippen molar-refractivity contribution in [2.45, 2.75) is 12.4 Å². The number of hydrogen-bond acceptors (Lipinski definition) is 0. The Hall–Kier alpha value is -0.426. The topological polar surface area (TPSA) is 0 Å². The molecule has 0 saturated heterocycles. The number of hydrogen-bond donors (Lipinski definition) is 0. The van der Waals surface area contributed by atoms with Crippen molar-refractivity contribution in [1.82, 2.24) is 0 Å². The average molecular weight is 385 g/mol. The second-order valence-electron chi connectivity index (χ2n) is 3.34. The molecule has 2 aromatic carbocycles. The first-order chi connectivity index (χ1) is 8.21. The van der Waals surface area contributed by atoms with Gasteiger partial charge in [-0.25, -0.2) is 24.3 Å². The van der Waals surface area contributed by atoms with Crippen LogP contribution in [-0.4, -0.2) is 0 Å². The van der Waals surface area contributed by atoms with Crippen LogP contribution in [0.2, 0.25) is 0 Å². The predicted octanol–water partition coefficient (Wildman–Crippen LogP) is -1.15. The van der Waals surface area contributed by atoms with E-state index in [-0.39, 0.29) is 46.5 Å². The molecule has 2 aromatic rings. The van der Waals surface area contributed by atoms with Gasteiger partial charge in [0.1, 0.15) is 0 Å². The summed E-state index contributed by atoms with van der Waals surface area (Å²) < 4.78 is 69.7. The average Bonchev–Trinajstić information content (AvgIpc) is 2.91. The molecule has 0 spiro atoms. The first kappa shape index (κ1) is 25.5. The van der Waals surface area contributed by atoms with E-state index in [9.17, 15) is 26.3 Å². The molecule has 0 aliphatic rings. The van der Waals surface area contributed by atoms with Crippen molar-refractivity contribution in [3.8, 4) is 0 Å². The molecule has 0 fully saturated rings. The van der Waals surface area contributed by atoms with Crippen LogP contribution in [0.15, 0.2) is 48.5 Å². The maximum Gasteiger partial charge on any atom is 4.00 e. The third-order valence-corrected chi connectivity index (χ3v) is 1.98. The molecule has 0 saturated carbocycles. The van der Waals surface area contributed by atoms with E-state index < -0.39 is 23.5 Å². The molecule has 0 heterocycles. The Labute approximate surface area is 145 Å². The number of rotatable bonds is 0. The second kappa shape index (κ2) is 10.3. The van der Waals surface area contributed by atoms with E-state index in [2.05, 4.69) is 0 Å². The first-order valence-corrected chi connectivity index (χ1v) is 4.79. The van der Waals surface area contributed by atoms with Gasteiger partial charge in [0.2, 0.25) is 0 Å². The summed E-state index contributed by atoms with van der Waals surface area (Å²) in [5.41, 5.74) is -1.16. The van der Waals surface area contributed by atoms with Gasteiger partial charge in [0.15, 0.2) is 0 Å². The summed E-state index contributed by atoms with van der Waals surface area (Å²) in [5, 5.41) is 0. The van der Waals surface area contributed by atoms with Crippen molar-refractivity contribution in [3.05, 3.63) is 59.7 Å². The smallest absolute Gasteiger partial charge is 1.00 e. The molecule has 0 radical (unpaired) electrons. The summed E-state index contributed by atoms with van der Waals surface area (Å²) in [6.45, 7) is 0. The van der Waals surface area contributed by atoms with Crippen LogP contribution in [0.1, 0.15) is 11.1 Å². The Morgan fingerprint density at radius 3 is 0.810 bits per heavy atom. The number of alkyl halides is 6. The van der Waals surface area contributed by atoms with Gasteiger partial charge >= 0.3 is 34.1 Å². The molecule has 0 nitrogen and oxygen atoms in total. The second-order valence-corrected chi connectivity index (χ2v) is 3.34. The van der Waals surface area contributed by atoms with E-state index in [0.717, 1.165) is 24.3 Å². The van der Waals surface area contributed by atoms with Crippen LogP contribution in [0.5, 0.6) is 0 Å². The normalized spacial score (nSPS) is 10.2. The van der Waals surface area contributed by atoms with Gasteiger partial charge in [-0.15, -0.1) is 0 Å². The van der Waals surface area contributed by atoms with Crippen LogP contribution < -0.4 is 24.8 Å². The summed E-state index contributed by atoms with van der Waals surface area (Å²) in [6.07, 6.45) is -8.35. The van der Waals surface area contributed by atoms with E-state index in [4.69, 9.17) is 0 Å². The van der Waals surface area contributed by atoms with Crippen LogP contribution in [0.3, 0.4) is 0 Å². The van der Waals surface area contributed by atoms with Crippen LogP contribution in [0, 0.1) is 0 Å². The molecule has 2 rings (SSSR count). The van der Waals surface area contributed by atoms with Crippen molar-refractivity contribution in [3.63, 3.8) is 0 Å². The van der Waals surface area contributed by atoms with Crippen LogP contribution in [-0.2, 0) is 34.1 Å². The van der Waals surface area contributed by atoms with E-state index in [1.165, 1.54) is 24.3 Å². The summed E-state index contributed by atoms with van der Waals surface area (Å²) in [6, 6.07) is 9.62. The van der Waals surface area contributed by atoms with Crippen LogP contribution >= 0.6 is 0 Å². The monoisotopic (exact) mass is 384 g/mol. The number of halogens is 8. The van der Waals surface area contributed by atoms with Gasteiger partial charge in [0.05, 0.1) is 0 Å². The molecule has 0 aliphatic heterocycles. The fourth-order valence-corrected chi connectivity index (χ4v) is 1.13. The predicted molar refractivity (Wildman–Crippen MR) is 54.1 cm³/mol. The molecule has 0 aliphatic carbocycles. The van der Waals surface area contributed by atoms with Crippen molar-refractivity contribution >= 4 is 0 Å². The zero-order chi connectivity index (χ0) is 13.8. The molecule has 9 heteroatoms. The van der Waals surface area contributed by atoms with Crippen LogP contribution in [0.4, 0.5) is 26.3 Å². The Morgan fingerprint density at radius 2 is 0.714 bits per heavy atom. The van der Waals surface area contributed by atoms with Gasteiger partial charge in [-0.2, -0.15) is 50.6 Å². The van der Waals surface area contributed by atoms with Gasteiger partial charge in [0.25, 0.3) is 0 Å². The third-order valence-electron chi connectivity index (χ3n) is 1.98. The molecule has 21 heavy (non-hydrogen) atoms. The SMILES string of the molecule is FC(F)(F)[c-]1cccc1.FC(F)(F)[c-]1cccc1.[Cl-].[Cl-].[Ti+4]. The summed E-state index contributed by atoms with van der Waals surface area (Å²) in [4.78, 5) is 0. The van der Waals surface area contributed by atoms with Crippen molar-refractivity contribution in [2.75, 3.05) is 0 Å². The molecule has 0 aromatic heterocycles. The van der Waals surface area contributed by atoms with Crippen molar-refractivity contribution in [2.24, 2.45) is 0 Å². The van der Waals surface area contributed by atoms with E-state index in [1.807, 2.05) is 0 Å². The molecule has 0 bridgehead atoms. The maximum atomic E-state index is 11.6. The zero-order valence-electron chi connectivity index (χ0n) is 10.1. The Balaban J connectivity index is -0.000000270. The first-order valence-electron chi connectivity index (χ1n) is 4.79. The zero-order valence-corrected chi connectivity index (χ0v) is 13.2. The van der Waals surface area contributed by atoms with E-state index >= 15 is 0 Å². The molecule has 0 N–H and O–H groups in total. The van der Waals surface area contributed by atoms with Gasteiger partial charge in [-0.3, -0.25) is 0 Å². The van der Waals surface area contributed by atoms with Gasteiger partial charge in [-0.05, 0) is 0 Å². The largest absolute Gasteiger partial charge is 4.00 e. The molecular weight excluding hydrogens is 377 g/mol. The maximum absolute atomic E-state index is 11.6. The summed E-state index contributed by atoms with van der Waals surface area (Å²) in [5.74, 6) is 0. The van der Waals surface area contributed by atoms with Gasteiger partial charge in [-0.1, -0.05) is 11.1 Å². The quantitative estimate of drug-likeness (QED) is 0.306. The molecule has 0 atom stereocenters. The molecular formula is C12H8Cl2F6Ti. The fourth-order valence-electron chi connectivity index (χ4n) is 1.13. The van der Waals surface area contributed by atoms with Crippen LogP contribution in [0.25, 0.3) is 0 Å². The molecule has 116 valence electrons. The van der Waals surface area contributed by atoms with Gasteiger partial charge < -0.3 is 24.8 Å². The van der Waals surface area contributed by atoms with E-state index in [1.54, 1.807) is 0 Å². The molecule has 0 amide bonds. The van der Waals surface area contributed by atoms with E-state index in [0.29, 0.717) is 0 Å². The standard InChI is InChI=1S/2C6H4F3.2ClH.Ti/c2*7-6(8,9)5-3-1-2-4-5;;;/h2*1-4H;2*1H;/q2*-1;;;+4/p-2. The third kappa shape index (κ3) is 9.24. The van der Waals surface area contributed by atoms with Gasteiger partial charge in [0, 0.05) is 0 Å². The minimum absolute atomic E-state index is 0. The Bertz CT molecular complexity index is 401. The van der Waals surface area contributed by atoms with Crippen molar-refractivity contribution in [1.29, 1.82) is 0 Å². The Morgan fingerprint density at radius 1 is 0.524 bits per heavy atom. The Kier molecular flexibility index (Phi) is 12.5. The molecule has 0 unspecified atom stereocenters.